The highest BCUT2D eigenvalue weighted by atomic mass is 19.3. The summed E-state index contributed by atoms with van der Waals surface area (Å²) < 4.78 is 25.5. The van der Waals surface area contributed by atoms with Crippen LogP contribution in [0, 0.1) is 0 Å². The van der Waals surface area contributed by atoms with Crippen molar-refractivity contribution in [2.24, 2.45) is 5.73 Å². The minimum Gasteiger partial charge on any atom is -0.320 e. The fourth-order valence-electron chi connectivity index (χ4n) is 2.35. The molecule has 1 aliphatic carbocycles. The number of halogens is 2. The molecule has 0 spiro atoms. The van der Waals surface area contributed by atoms with Crippen LogP contribution in [-0.2, 0) is 19.3 Å². The second kappa shape index (κ2) is 4.13. The summed E-state index contributed by atoms with van der Waals surface area (Å²) >= 11 is 0. The summed E-state index contributed by atoms with van der Waals surface area (Å²) in [6.07, 6.45) is 0.977. The molecule has 0 aliphatic heterocycles. The summed E-state index contributed by atoms with van der Waals surface area (Å²) in [4.78, 5) is 0. The van der Waals surface area contributed by atoms with Gasteiger partial charge in [-0.25, -0.2) is 8.78 Å². The average Bonchev–Trinajstić information content (AvgIpc) is 2.65. The van der Waals surface area contributed by atoms with Crippen LogP contribution in [0.3, 0.4) is 0 Å². The van der Waals surface area contributed by atoms with Gasteiger partial charge in [-0.15, -0.1) is 0 Å². The van der Waals surface area contributed by atoms with Crippen molar-refractivity contribution in [2.75, 3.05) is 0 Å². The Morgan fingerprint density at radius 3 is 2.81 bits per heavy atom. The number of benzene rings is 1. The van der Waals surface area contributed by atoms with Crippen LogP contribution in [0.1, 0.15) is 30.0 Å². The van der Waals surface area contributed by atoms with Gasteiger partial charge in [-0.05, 0) is 49.3 Å². The number of nitrogens with two attached hydrogens (primary N) is 1. The molecular weight excluding hydrogens is 208 g/mol. The number of aryl methyl sites for hydroxylation is 1. The van der Waals surface area contributed by atoms with Gasteiger partial charge in [0.15, 0.2) is 0 Å². The van der Waals surface area contributed by atoms with Gasteiger partial charge in [-0.1, -0.05) is 18.2 Å². The number of fused-ring (bicyclic) bond motifs is 1. The van der Waals surface area contributed by atoms with Crippen LogP contribution < -0.4 is 5.73 Å². The van der Waals surface area contributed by atoms with Crippen molar-refractivity contribution in [3.05, 3.63) is 34.9 Å². The Labute approximate surface area is 94.7 Å². The Morgan fingerprint density at radius 1 is 1.38 bits per heavy atom. The van der Waals surface area contributed by atoms with Crippen molar-refractivity contribution in [3.63, 3.8) is 0 Å². The van der Waals surface area contributed by atoms with Gasteiger partial charge in [0.1, 0.15) is 0 Å². The Hall–Kier alpha value is -0.960. The van der Waals surface area contributed by atoms with Crippen LogP contribution in [0.2, 0.25) is 0 Å². The maximum absolute atomic E-state index is 12.7. The maximum Gasteiger partial charge on any atom is 0.256 e. The SMILES string of the molecule is CC(N)(Cc1cccc2c1CCC2)C(F)F. The molecule has 1 aromatic rings. The predicted molar refractivity (Wildman–Crippen MR) is 60.8 cm³/mol. The van der Waals surface area contributed by atoms with Crippen LogP contribution in [0.25, 0.3) is 0 Å². The lowest BCUT2D eigenvalue weighted by Gasteiger charge is -2.24. The molecule has 0 amide bonds. The molecule has 0 radical (unpaired) electrons. The quantitative estimate of drug-likeness (QED) is 0.841. The van der Waals surface area contributed by atoms with Gasteiger partial charge in [0.05, 0.1) is 5.54 Å². The molecule has 1 unspecified atom stereocenters. The van der Waals surface area contributed by atoms with E-state index in [1.165, 1.54) is 18.1 Å². The summed E-state index contributed by atoms with van der Waals surface area (Å²) in [7, 11) is 0. The molecule has 88 valence electrons. The molecule has 0 heterocycles. The molecular formula is C13H17F2N. The average molecular weight is 225 g/mol. The van der Waals surface area contributed by atoms with Crippen molar-refractivity contribution in [3.8, 4) is 0 Å². The normalized spacial score (nSPS) is 18.6. The highest BCUT2D eigenvalue weighted by molar-refractivity contribution is 5.39. The molecule has 1 aromatic carbocycles. The topological polar surface area (TPSA) is 26.0 Å². The van der Waals surface area contributed by atoms with Crippen LogP contribution in [0.15, 0.2) is 18.2 Å². The number of rotatable bonds is 3. The second-order valence-electron chi connectivity index (χ2n) is 4.89. The predicted octanol–water partition coefficient (Wildman–Crippen LogP) is 2.70. The van der Waals surface area contributed by atoms with E-state index < -0.39 is 12.0 Å². The minimum absolute atomic E-state index is 0.258. The summed E-state index contributed by atoms with van der Waals surface area (Å²) in [5.41, 5.74) is 7.77. The Kier molecular flexibility index (Phi) is 2.98. The lowest BCUT2D eigenvalue weighted by Crippen LogP contribution is -2.46. The molecule has 0 aromatic heterocycles. The Morgan fingerprint density at radius 2 is 2.12 bits per heavy atom. The molecule has 1 aliphatic rings. The van der Waals surface area contributed by atoms with E-state index in [1.807, 2.05) is 12.1 Å². The third kappa shape index (κ3) is 2.09. The van der Waals surface area contributed by atoms with Gasteiger partial charge in [-0.2, -0.15) is 0 Å². The van der Waals surface area contributed by atoms with E-state index >= 15 is 0 Å². The summed E-state index contributed by atoms with van der Waals surface area (Å²) in [6, 6.07) is 5.96. The third-order valence-corrected chi connectivity index (χ3v) is 3.31. The van der Waals surface area contributed by atoms with E-state index in [2.05, 4.69) is 6.07 Å². The summed E-state index contributed by atoms with van der Waals surface area (Å²) in [5.74, 6) is 0. The van der Waals surface area contributed by atoms with Crippen LogP contribution in [0.5, 0.6) is 0 Å². The van der Waals surface area contributed by atoms with E-state index in [0.29, 0.717) is 0 Å². The first-order chi connectivity index (χ1) is 7.50. The van der Waals surface area contributed by atoms with E-state index in [-0.39, 0.29) is 6.42 Å². The summed E-state index contributed by atoms with van der Waals surface area (Å²) in [5, 5.41) is 0. The van der Waals surface area contributed by atoms with Crippen molar-refractivity contribution < 1.29 is 8.78 Å². The monoisotopic (exact) mass is 225 g/mol. The molecule has 1 atom stereocenters. The second-order valence-corrected chi connectivity index (χ2v) is 4.89. The van der Waals surface area contributed by atoms with Crippen molar-refractivity contribution >= 4 is 0 Å². The zero-order valence-corrected chi connectivity index (χ0v) is 9.47. The first-order valence-corrected chi connectivity index (χ1v) is 5.67. The Balaban J connectivity index is 2.26. The fourth-order valence-corrected chi connectivity index (χ4v) is 2.35. The van der Waals surface area contributed by atoms with E-state index in [9.17, 15) is 8.78 Å². The number of hydrogen-bond acceptors (Lipinski definition) is 1. The molecule has 2 rings (SSSR count). The molecule has 0 saturated heterocycles. The van der Waals surface area contributed by atoms with Crippen molar-refractivity contribution in [2.45, 2.75) is 44.6 Å². The van der Waals surface area contributed by atoms with Gasteiger partial charge >= 0.3 is 0 Å². The van der Waals surface area contributed by atoms with E-state index in [1.54, 1.807) is 0 Å². The third-order valence-electron chi connectivity index (χ3n) is 3.31. The minimum atomic E-state index is -2.48. The molecule has 1 nitrogen and oxygen atoms in total. The van der Waals surface area contributed by atoms with E-state index in [4.69, 9.17) is 5.73 Å². The van der Waals surface area contributed by atoms with Crippen molar-refractivity contribution in [1.82, 2.24) is 0 Å². The van der Waals surface area contributed by atoms with E-state index in [0.717, 1.165) is 24.8 Å². The van der Waals surface area contributed by atoms with Gasteiger partial charge in [0.25, 0.3) is 6.43 Å². The summed E-state index contributed by atoms with van der Waals surface area (Å²) in [6.45, 7) is 1.42. The molecule has 16 heavy (non-hydrogen) atoms. The lowest BCUT2D eigenvalue weighted by atomic mass is 9.90. The number of alkyl halides is 2. The van der Waals surface area contributed by atoms with Gasteiger partial charge in [0, 0.05) is 0 Å². The first kappa shape index (κ1) is 11.5. The molecule has 0 bridgehead atoms. The fraction of sp³-hybridized carbons (Fsp3) is 0.538. The van der Waals surface area contributed by atoms with Gasteiger partial charge in [0.2, 0.25) is 0 Å². The molecule has 0 saturated carbocycles. The molecule has 2 N–H and O–H groups in total. The Bertz CT molecular complexity index is 386. The van der Waals surface area contributed by atoms with Crippen LogP contribution >= 0.6 is 0 Å². The smallest absolute Gasteiger partial charge is 0.256 e. The largest absolute Gasteiger partial charge is 0.320 e. The lowest BCUT2D eigenvalue weighted by molar-refractivity contribution is 0.0638. The highest BCUT2D eigenvalue weighted by Crippen LogP contribution is 2.28. The first-order valence-electron chi connectivity index (χ1n) is 5.67. The highest BCUT2D eigenvalue weighted by Gasteiger charge is 2.31. The zero-order chi connectivity index (χ0) is 11.8. The standard InChI is InChI=1S/C13H17F2N/c1-13(16,12(14)15)8-10-6-2-4-9-5-3-7-11(9)10/h2,4,6,12H,3,5,7-8,16H2,1H3. The molecule has 3 heteroatoms. The zero-order valence-electron chi connectivity index (χ0n) is 9.47. The van der Waals surface area contributed by atoms with Gasteiger partial charge < -0.3 is 5.73 Å². The maximum atomic E-state index is 12.7. The van der Waals surface area contributed by atoms with Gasteiger partial charge in [-0.3, -0.25) is 0 Å². The van der Waals surface area contributed by atoms with Crippen molar-refractivity contribution in [1.29, 1.82) is 0 Å². The number of hydrogen-bond donors (Lipinski definition) is 1. The molecule has 0 fully saturated rings. The van der Waals surface area contributed by atoms with Crippen LogP contribution in [0.4, 0.5) is 8.78 Å². The van der Waals surface area contributed by atoms with Crippen LogP contribution in [-0.4, -0.2) is 12.0 Å².